The molecule has 3 unspecified atom stereocenters. The molecule has 1 rings (SSSR count). The van der Waals surface area contributed by atoms with Crippen molar-refractivity contribution in [3.63, 3.8) is 0 Å². The van der Waals surface area contributed by atoms with Gasteiger partial charge < -0.3 is 0 Å². The van der Waals surface area contributed by atoms with Crippen LogP contribution in [0.3, 0.4) is 0 Å². The van der Waals surface area contributed by atoms with Gasteiger partial charge in [0.25, 0.3) is 0 Å². The number of hydrogen-bond donors (Lipinski definition) is 0. The maximum atomic E-state index is 12.0. The normalized spacial score (nSPS) is 22.0. The molecule has 0 aromatic carbocycles. The molecule has 1 amide bonds. The molecule has 3 radical (unpaired) electrons. The summed E-state index contributed by atoms with van der Waals surface area (Å²) in [4.78, 5) is 25.3. The van der Waals surface area contributed by atoms with Gasteiger partial charge in [0.05, 0.1) is 0 Å². The van der Waals surface area contributed by atoms with Crippen LogP contribution in [0.25, 0.3) is 0 Å². The zero-order chi connectivity index (χ0) is 17.0. The van der Waals surface area contributed by atoms with Gasteiger partial charge >= 0.3 is 113 Å². The van der Waals surface area contributed by atoms with Crippen LogP contribution < -0.4 is 0 Å². The van der Waals surface area contributed by atoms with E-state index in [-0.39, 0.29) is 21.4 Å². The van der Waals surface area contributed by atoms with Gasteiger partial charge in [0.1, 0.15) is 0 Å². The second-order valence-corrected chi connectivity index (χ2v) is 8.50. The zero-order valence-corrected chi connectivity index (χ0v) is 18.6. The standard InChI is InChI=1S/C11H18NO3.C3H8.C2H6.Pb/c1-4-10(13)12-6-5-8(2)7-9(12)11(14)15-3;1-3-2;1-2;/h4,8-9H,5-7H2,1-3H3;3H2,1-2H3;1-2H3;. The SMILES string of the molecule is CC.CCC.COC(=O)C1CC(C)CCN1C(=O)[CH](C)[Pb]. The Morgan fingerprint density at radius 1 is 1.33 bits per heavy atom. The van der Waals surface area contributed by atoms with E-state index in [9.17, 15) is 9.59 Å². The number of esters is 1. The molecule has 0 bridgehead atoms. The van der Waals surface area contributed by atoms with Gasteiger partial charge in [-0.25, -0.2) is 0 Å². The Bertz CT molecular complexity index is 295. The number of nitrogens with zero attached hydrogens (tertiary/aromatic N) is 1. The zero-order valence-electron chi connectivity index (χ0n) is 14.7. The van der Waals surface area contributed by atoms with Crippen molar-refractivity contribution in [2.45, 2.75) is 70.3 Å². The van der Waals surface area contributed by atoms with E-state index in [1.807, 2.05) is 20.8 Å². The van der Waals surface area contributed by atoms with Crippen molar-refractivity contribution in [2.75, 3.05) is 13.7 Å². The van der Waals surface area contributed by atoms with Crippen LogP contribution in [-0.4, -0.2) is 62.2 Å². The monoisotopic (exact) mass is 494 g/mol. The Labute approximate surface area is 146 Å². The van der Waals surface area contributed by atoms with E-state index in [2.05, 4.69) is 20.8 Å². The molecule has 1 aliphatic heterocycles. The number of ether oxygens (including phenoxy) is 1. The molecule has 5 heteroatoms. The number of methoxy groups -OCH3 is 1. The van der Waals surface area contributed by atoms with E-state index in [0.29, 0.717) is 12.5 Å². The molecule has 0 aliphatic carbocycles. The molecule has 0 spiro atoms. The fourth-order valence-corrected chi connectivity index (χ4v) is 2.66. The summed E-state index contributed by atoms with van der Waals surface area (Å²) in [6, 6.07) is -0.363. The summed E-state index contributed by atoms with van der Waals surface area (Å²) in [5.41, 5.74) is 0. The summed E-state index contributed by atoms with van der Waals surface area (Å²) in [6.45, 7) is 13.0. The van der Waals surface area contributed by atoms with Gasteiger partial charge in [-0.1, -0.05) is 34.1 Å². The van der Waals surface area contributed by atoms with Crippen molar-refractivity contribution in [3.8, 4) is 0 Å². The number of piperidine rings is 1. The van der Waals surface area contributed by atoms with Gasteiger partial charge in [-0.05, 0) is 0 Å². The molecular formula is C16H32NO3Pb. The van der Waals surface area contributed by atoms with Gasteiger partial charge in [0.2, 0.25) is 0 Å². The van der Waals surface area contributed by atoms with E-state index in [1.54, 1.807) is 4.90 Å². The first kappa shape index (κ1) is 23.1. The topological polar surface area (TPSA) is 46.6 Å². The van der Waals surface area contributed by atoms with Crippen LogP contribution in [0, 0.1) is 5.92 Å². The fourth-order valence-electron chi connectivity index (χ4n) is 2.01. The third-order valence-corrected chi connectivity index (χ3v) is 3.95. The van der Waals surface area contributed by atoms with Gasteiger partial charge in [0, 0.05) is 0 Å². The third-order valence-electron chi connectivity index (χ3n) is 2.99. The number of carbonyl (C=O) groups excluding carboxylic acids is 2. The summed E-state index contributed by atoms with van der Waals surface area (Å²) in [7, 11) is 1.38. The second-order valence-electron chi connectivity index (χ2n) is 5.13. The Kier molecular flexibility index (Phi) is 14.9. The summed E-state index contributed by atoms with van der Waals surface area (Å²) in [5.74, 6) is 0.314. The third kappa shape index (κ3) is 8.78. The van der Waals surface area contributed by atoms with Crippen molar-refractivity contribution in [1.29, 1.82) is 0 Å². The number of amides is 1. The molecule has 1 aliphatic rings. The fraction of sp³-hybridized carbons (Fsp3) is 0.875. The molecule has 0 aromatic rings. The number of rotatable bonds is 2. The van der Waals surface area contributed by atoms with E-state index < -0.39 is 0 Å². The molecular weight excluding hydrogens is 461 g/mol. The average Bonchev–Trinajstić information content (AvgIpc) is 2.48. The Hall–Kier alpha value is -0.138. The van der Waals surface area contributed by atoms with Crippen LogP contribution in [0.5, 0.6) is 0 Å². The minimum absolute atomic E-state index is 0.0700. The molecule has 0 saturated carbocycles. The number of hydrogen-bond acceptors (Lipinski definition) is 3. The van der Waals surface area contributed by atoms with Crippen LogP contribution in [0.4, 0.5) is 0 Å². The van der Waals surface area contributed by atoms with Crippen LogP contribution in [0.1, 0.15) is 60.8 Å². The first-order chi connectivity index (χ1) is 9.88. The molecule has 1 saturated heterocycles. The molecule has 3 atom stereocenters. The van der Waals surface area contributed by atoms with Gasteiger partial charge in [0.15, 0.2) is 0 Å². The van der Waals surface area contributed by atoms with E-state index in [1.165, 1.54) is 13.5 Å². The first-order valence-corrected chi connectivity index (χ1v) is 10.2. The van der Waals surface area contributed by atoms with Gasteiger partial charge in [-0.3, -0.25) is 0 Å². The van der Waals surface area contributed by atoms with Crippen molar-refractivity contribution in [3.05, 3.63) is 0 Å². The Balaban J connectivity index is 0. The van der Waals surface area contributed by atoms with Gasteiger partial charge in [-0.15, -0.1) is 0 Å². The van der Waals surface area contributed by atoms with Crippen LogP contribution >= 0.6 is 0 Å². The first-order valence-electron chi connectivity index (χ1n) is 7.98. The average molecular weight is 494 g/mol. The molecule has 1 heterocycles. The molecule has 123 valence electrons. The van der Waals surface area contributed by atoms with Crippen molar-refractivity contribution >= 4 is 37.6 Å². The van der Waals surface area contributed by atoms with Crippen molar-refractivity contribution in [2.24, 2.45) is 5.92 Å². The Morgan fingerprint density at radius 3 is 2.19 bits per heavy atom. The minimum atomic E-state index is -0.363. The molecule has 1 fully saturated rings. The van der Waals surface area contributed by atoms with Crippen molar-refractivity contribution in [1.82, 2.24) is 4.90 Å². The quantitative estimate of drug-likeness (QED) is 0.439. The van der Waals surface area contributed by atoms with E-state index in [0.717, 1.165) is 38.6 Å². The number of carbonyl (C=O) groups is 2. The summed E-state index contributed by atoms with van der Waals surface area (Å²) < 4.78 is 4.85. The van der Waals surface area contributed by atoms with Crippen molar-refractivity contribution < 1.29 is 14.3 Å². The summed E-state index contributed by atoms with van der Waals surface area (Å²) in [6.07, 6.45) is 2.96. The maximum absolute atomic E-state index is 12.0. The van der Waals surface area contributed by atoms with E-state index >= 15 is 0 Å². The Morgan fingerprint density at radius 2 is 1.81 bits per heavy atom. The molecule has 4 nitrogen and oxygen atoms in total. The van der Waals surface area contributed by atoms with E-state index in [4.69, 9.17) is 4.74 Å². The van der Waals surface area contributed by atoms with Crippen LogP contribution in [0.2, 0.25) is 3.48 Å². The number of likely N-dealkylation sites (tertiary alicyclic amines) is 1. The molecule has 0 aromatic heterocycles. The molecule has 0 N–H and O–H groups in total. The predicted octanol–water partition coefficient (Wildman–Crippen LogP) is 3.21. The summed E-state index contributed by atoms with van der Waals surface area (Å²) >= 11 is 0.826. The molecule has 21 heavy (non-hydrogen) atoms. The second kappa shape index (κ2) is 13.5. The summed E-state index contributed by atoms with van der Waals surface area (Å²) in [5, 5.41) is 0. The van der Waals surface area contributed by atoms with Crippen LogP contribution in [0.15, 0.2) is 0 Å². The van der Waals surface area contributed by atoms with Crippen LogP contribution in [-0.2, 0) is 14.3 Å². The van der Waals surface area contributed by atoms with Gasteiger partial charge in [-0.2, -0.15) is 0 Å². The predicted molar refractivity (Wildman–Crippen MR) is 88.4 cm³/mol.